The van der Waals surface area contributed by atoms with Crippen LogP contribution < -0.4 is 4.72 Å². The number of Topliss-reactive ketones (excluding diaryl/α,β-unsaturated/α-hetero) is 1. The van der Waals surface area contributed by atoms with Crippen molar-refractivity contribution < 1.29 is 13.2 Å². The third kappa shape index (κ3) is 4.62. The topological polar surface area (TPSA) is 89.0 Å². The largest absolute Gasteiger partial charge is 0.299 e. The fraction of sp³-hybridized carbons (Fsp3) is 0.303. The molecule has 0 bridgehead atoms. The Morgan fingerprint density at radius 1 is 0.875 bits per heavy atom. The highest BCUT2D eigenvalue weighted by Crippen LogP contribution is 2.55. The highest BCUT2D eigenvalue weighted by atomic mass is 32.2. The number of hydrogen-bond donors (Lipinski definition) is 1. The minimum atomic E-state index is -3.38. The Hall–Kier alpha value is -3.84. The first-order valence-corrected chi connectivity index (χ1v) is 15.7. The van der Waals surface area contributed by atoms with E-state index in [2.05, 4.69) is 48.0 Å². The van der Waals surface area contributed by atoms with Crippen molar-refractivity contribution in [2.45, 2.75) is 44.9 Å². The Labute approximate surface area is 236 Å². The van der Waals surface area contributed by atoms with E-state index in [1.807, 2.05) is 43.3 Å². The van der Waals surface area contributed by atoms with Gasteiger partial charge in [0.25, 0.3) is 0 Å². The fourth-order valence-corrected chi connectivity index (χ4v) is 7.52. The lowest BCUT2D eigenvalue weighted by molar-refractivity contribution is -0.128. The highest BCUT2D eigenvalue weighted by molar-refractivity contribution is 7.92. The quantitative estimate of drug-likeness (QED) is 0.313. The summed E-state index contributed by atoms with van der Waals surface area (Å²) in [6.07, 6.45) is 4.19. The van der Waals surface area contributed by atoms with E-state index >= 15 is 0 Å². The average Bonchev–Trinajstić information content (AvgIpc) is 2.94. The van der Waals surface area contributed by atoms with Crippen LogP contribution in [0.25, 0.3) is 22.4 Å². The number of hydrogen-bond acceptors (Lipinski definition) is 5. The minimum Gasteiger partial charge on any atom is -0.299 e. The van der Waals surface area contributed by atoms with Crippen molar-refractivity contribution in [3.8, 4) is 22.4 Å². The first-order valence-electron chi connectivity index (χ1n) is 13.8. The molecule has 4 aromatic rings. The number of benzene rings is 3. The highest BCUT2D eigenvalue weighted by Gasteiger charge is 2.53. The minimum absolute atomic E-state index is 0.0167. The van der Waals surface area contributed by atoms with Crippen LogP contribution in [0.4, 0.5) is 5.69 Å². The van der Waals surface area contributed by atoms with Crippen LogP contribution in [0.2, 0.25) is 0 Å². The van der Waals surface area contributed by atoms with E-state index in [1.54, 1.807) is 6.07 Å². The number of anilines is 1. The number of fused-ring (bicyclic) bond motifs is 3. The monoisotopic (exact) mass is 551 g/mol. The number of aryl methyl sites for hydroxylation is 1. The molecule has 3 aromatic carbocycles. The van der Waals surface area contributed by atoms with Crippen LogP contribution in [-0.4, -0.2) is 30.4 Å². The summed E-state index contributed by atoms with van der Waals surface area (Å²) in [4.78, 5) is 23.0. The summed E-state index contributed by atoms with van der Waals surface area (Å²) in [7, 11) is -3.38. The van der Waals surface area contributed by atoms with E-state index in [-0.39, 0.29) is 17.3 Å². The van der Waals surface area contributed by atoms with Gasteiger partial charge in [-0.1, -0.05) is 67.6 Å². The third-order valence-corrected chi connectivity index (χ3v) is 9.29. The summed E-state index contributed by atoms with van der Waals surface area (Å²) >= 11 is 0. The molecule has 204 valence electrons. The normalized spacial score (nSPS) is 22.3. The lowest BCUT2D eigenvalue weighted by atomic mass is 9.52. The molecule has 0 saturated heterocycles. The lowest BCUT2D eigenvalue weighted by Gasteiger charge is -2.50. The molecule has 7 heteroatoms. The molecular weight excluding hydrogens is 518 g/mol. The molecule has 1 heterocycles. The van der Waals surface area contributed by atoms with E-state index in [0.717, 1.165) is 65.0 Å². The molecule has 1 aromatic heterocycles. The molecule has 1 saturated carbocycles. The van der Waals surface area contributed by atoms with Crippen LogP contribution in [0, 0.1) is 18.8 Å². The van der Waals surface area contributed by atoms with E-state index in [1.165, 1.54) is 5.56 Å². The van der Waals surface area contributed by atoms with Crippen molar-refractivity contribution in [1.82, 2.24) is 9.97 Å². The number of ketones is 1. The summed E-state index contributed by atoms with van der Waals surface area (Å²) in [5.74, 6) is 1.25. The summed E-state index contributed by atoms with van der Waals surface area (Å²) in [5.41, 5.74) is 7.49. The van der Waals surface area contributed by atoms with E-state index in [0.29, 0.717) is 17.9 Å². The van der Waals surface area contributed by atoms with Crippen molar-refractivity contribution in [3.63, 3.8) is 0 Å². The van der Waals surface area contributed by atoms with Gasteiger partial charge in [0.2, 0.25) is 10.0 Å². The number of carbonyl (C=O) groups excluding carboxylic acids is 1. The molecule has 2 aliphatic rings. The van der Waals surface area contributed by atoms with Crippen LogP contribution in [-0.2, 0) is 26.7 Å². The molecule has 0 aliphatic heterocycles. The summed E-state index contributed by atoms with van der Waals surface area (Å²) in [5, 5.41) is 0. The number of carbonyl (C=O) groups is 1. The first-order chi connectivity index (χ1) is 19.2. The van der Waals surface area contributed by atoms with Crippen molar-refractivity contribution in [1.29, 1.82) is 0 Å². The van der Waals surface area contributed by atoms with Gasteiger partial charge in [0.1, 0.15) is 11.6 Å². The number of sulfonamides is 1. The zero-order valence-electron chi connectivity index (χ0n) is 23.0. The smallest absolute Gasteiger partial charge is 0.229 e. The molecule has 3 atom stereocenters. The molecule has 2 aliphatic carbocycles. The summed E-state index contributed by atoms with van der Waals surface area (Å²) < 4.78 is 26.1. The van der Waals surface area contributed by atoms with Crippen molar-refractivity contribution in [2.24, 2.45) is 11.8 Å². The molecule has 1 N–H and O–H groups in total. The first kappa shape index (κ1) is 26.4. The van der Waals surface area contributed by atoms with Crippen molar-refractivity contribution >= 4 is 21.5 Å². The number of aromatic nitrogens is 2. The zero-order chi connectivity index (χ0) is 28.1. The molecule has 1 fully saturated rings. The number of nitrogens with zero attached hydrogens (tertiary/aromatic N) is 2. The van der Waals surface area contributed by atoms with Gasteiger partial charge in [-0.2, -0.15) is 0 Å². The van der Waals surface area contributed by atoms with E-state index < -0.39 is 10.0 Å². The van der Waals surface area contributed by atoms with Gasteiger partial charge in [0, 0.05) is 34.6 Å². The molecule has 6 nitrogen and oxygen atoms in total. The summed E-state index contributed by atoms with van der Waals surface area (Å²) in [6, 6.07) is 26.3. The molecule has 0 unspecified atom stereocenters. The van der Waals surface area contributed by atoms with Crippen LogP contribution in [0.15, 0.2) is 78.9 Å². The molecule has 0 spiro atoms. The number of rotatable bonds is 5. The second-order valence-electron chi connectivity index (χ2n) is 11.2. The fourth-order valence-electron chi connectivity index (χ4n) is 6.97. The molecular formula is C33H33N3O3S. The van der Waals surface area contributed by atoms with Crippen molar-refractivity contribution in [3.05, 3.63) is 102 Å². The number of nitrogens with one attached hydrogen (secondary N) is 1. The van der Waals surface area contributed by atoms with Gasteiger partial charge in [-0.25, -0.2) is 18.4 Å². The van der Waals surface area contributed by atoms with Crippen LogP contribution in [0.1, 0.15) is 48.8 Å². The average molecular weight is 552 g/mol. The Balaban J connectivity index is 1.50. The van der Waals surface area contributed by atoms with Gasteiger partial charge < -0.3 is 0 Å². The van der Waals surface area contributed by atoms with Crippen LogP contribution >= 0.6 is 0 Å². The molecule has 0 radical (unpaired) electrons. The van der Waals surface area contributed by atoms with Gasteiger partial charge in [-0.3, -0.25) is 9.52 Å². The second-order valence-corrected chi connectivity index (χ2v) is 13.0. The van der Waals surface area contributed by atoms with E-state index in [4.69, 9.17) is 9.97 Å². The predicted octanol–water partition coefficient (Wildman–Crippen LogP) is 6.34. The van der Waals surface area contributed by atoms with Crippen LogP contribution in [0.3, 0.4) is 0 Å². The Morgan fingerprint density at radius 3 is 2.33 bits per heavy atom. The maximum atomic E-state index is 12.9. The van der Waals surface area contributed by atoms with Crippen molar-refractivity contribution in [2.75, 3.05) is 11.0 Å². The Bertz CT molecular complexity index is 1720. The van der Waals surface area contributed by atoms with E-state index in [9.17, 15) is 13.2 Å². The zero-order valence-corrected chi connectivity index (χ0v) is 23.8. The Kier molecular flexibility index (Phi) is 6.57. The van der Waals surface area contributed by atoms with Gasteiger partial charge in [0.05, 0.1) is 17.6 Å². The Morgan fingerprint density at radius 2 is 1.57 bits per heavy atom. The van der Waals surface area contributed by atoms with Gasteiger partial charge in [-0.05, 0) is 67.0 Å². The standard InChI is InChI=1S/C33H33N3O3S/c1-21-29-16-15-28-31(25-11-7-9-23(19-25)24-10-8-14-27(20-24)36-40(3,38)39)34-22(2)35-32(28)33(29,18-17-30(21)37)26-12-5-4-6-13-26/h4-14,19-21,29,36H,15-18H2,1-3H3/t21-,29-,33+/m0/s1. The molecule has 0 amide bonds. The SMILES string of the molecule is Cc1nc(-c2cccc(-c3cccc(NS(C)(=O)=O)c3)c2)c2c(n1)[C@@]1(c3ccccc3)CCC(=O)[C@@H](C)[C@@H]1CC2. The molecule has 6 rings (SSSR count). The lowest BCUT2D eigenvalue weighted by Crippen LogP contribution is -2.50. The maximum absolute atomic E-state index is 12.9. The third-order valence-electron chi connectivity index (χ3n) is 8.68. The predicted molar refractivity (Wildman–Crippen MR) is 159 cm³/mol. The molecule has 40 heavy (non-hydrogen) atoms. The summed E-state index contributed by atoms with van der Waals surface area (Å²) in [6.45, 7) is 4.05. The van der Waals surface area contributed by atoms with Gasteiger partial charge >= 0.3 is 0 Å². The maximum Gasteiger partial charge on any atom is 0.229 e. The van der Waals surface area contributed by atoms with Gasteiger partial charge in [-0.15, -0.1) is 0 Å². The second kappa shape index (κ2) is 9.97. The van der Waals surface area contributed by atoms with Crippen LogP contribution in [0.5, 0.6) is 0 Å². The van der Waals surface area contributed by atoms with Gasteiger partial charge in [0.15, 0.2) is 0 Å².